The van der Waals surface area contributed by atoms with Gasteiger partial charge in [0.15, 0.2) is 5.43 Å². The van der Waals surface area contributed by atoms with Crippen LogP contribution in [0.4, 0.5) is 0 Å². The molecule has 4 rings (SSSR count). The van der Waals surface area contributed by atoms with Crippen LogP contribution in [0.25, 0.3) is 11.0 Å². The predicted octanol–water partition coefficient (Wildman–Crippen LogP) is 7.80. The molecule has 0 bridgehead atoms. The van der Waals surface area contributed by atoms with Crippen LogP contribution in [0.2, 0.25) is 0 Å². The number of allylic oxidation sites excluding steroid dienone is 6. The fraction of sp³-hybridized carbons (Fsp3) is 0.500. The molecule has 1 aliphatic carbocycles. The van der Waals surface area contributed by atoms with Crippen molar-refractivity contribution in [1.82, 2.24) is 0 Å². The summed E-state index contributed by atoms with van der Waals surface area (Å²) in [5.74, 6) is 1.59. The molecule has 0 radical (unpaired) electrons. The van der Waals surface area contributed by atoms with Crippen LogP contribution in [0.1, 0.15) is 78.0 Å². The molecule has 1 atom stereocenters. The Morgan fingerprint density at radius 3 is 2.59 bits per heavy atom. The minimum atomic E-state index is -0.212. The maximum Gasteiger partial charge on any atom is 0.196 e. The highest BCUT2D eigenvalue weighted by molar-refractivity contribution is 5.86. The maximum atomic E-state index is 12.0. The van der Waals surface area contributed by atoms with Crippen LogP contribution < -0.4 is 10.2 Å². The Balaban J connectivity index is 0.000000197. The molecule has 1 N–H and O–H groups in total. The van der Waals surface area contributed by atoms with Crippen molar-refractivity contribution >= 4 is 11.0 Å². The Morgan fingerprint density at radius 2 is 1.82 bits per heavy atom. The van der Waals surface area contributed by atoms with Gasteiger partial charge in [-0.25, -0.2) is 0 Å². The summed E-state index contributed by atoms with van der Waals surface area (Å²) in [5.41, 5.74) is 4.23. The average molecular weight is 465 g/mol. The summed E-state index contributed by atoms with van der Waals surface area (Å²) in [6.07, 6.45) is 15.8. The molecule has 184 valence electrons. The van der Waals surface area contributed by atoms with E-state index in [4.69, 9.17) is 9.15 Å². The van der Waals surface area contributed by atoms with Crippen molar-refractivity contribution in [2.45, 2.75) is 80.1 Å². The van der Waals surface area contributed by atoms with E-state index in [1.165, 1.54) is 30.1 Å². The highest BCUT2D eigenvalue weighted by Crippen LogP contribution is 2.38. The smallest absolute Gasteiger partial charge is 0.196 e. The molecule has 0 saturated carbocycles. The van der Waals surface area contributed by atoms with Gasteiger partial charge >= 0.3 is 0 Å². The highest BCUT2D eigenvalue weighted by atomic mass is 16.5. The van der Waals surface area contributed by atoms with Gasteiger partial charge in [-0.2, -0.15) is 0 Å². The van der Waals surface area contributed by atoms with Crippen molar-refractivity contribution in [2.24, 2.45) is 11.3 Å². The molecular formula is C30H40O4. The van der Waals surface area contributed by atoms with E-state index in [0.29, 0.717) is 47.0 Å². The Labute approximate surface area is 204 Å². The number of aromatic hydroxyl groups is 1. The zero-order valence-corrected chi connectivity index (χ0v) is 21.7. The molecule has 2 aliphatic rings. The highest BCUT2D eigenvalue weighted by Gasteiger charge is 2.21. The Kier molecular flexibility index (Phi) is 8.46. The number of aryl methyl sites for hydroxylation is 1. The van der Waals surface area contributed by atoms with Gasteiger partial charge in [0.05, 0.1) is 6.61 Å². The lowest BCUT2D eigenvalue weighted by Crippen LogP contribution is -2.05. The third-order valence-corrected chi connectivity index (χ3v) is 6.61. The normalized spacial score (nSPS) is 20.5. The van der Waals surface area contributed by atoms with E-state index in [2.05, 4.69) is 58.9 Å². The first-order valence-corrected chi connectivity index (χ1v) is 12.5. The van der Waals surface area contributed by atoms with E-state index in [0.717, 1.165) is 19.3 Å². The van der Waals surface area contributed by atoms with Crippen LogP contribution in [-0.2, 0) is 6.42 Å². The van der Waals surface area contributed by atoms with Crippen molar-refractivity contribution in [1.29, 1.82) is 0 Å². The molecule has 4 heteroatoms. The molecule has 1 aromatic carbocycles. The molecule has 34 heavy (non-hydrogen) atoms. The van der Waals surface area contributed by atoms with Crippen molar-refractivity contribution < 1.29 is 14.3 Å². The van der Waals surface area contributed by atoms with Gasteiger partial charge in [-0.15, -0.1) is 0 Å². The van der Waals surface area contributed by atoms with E-state index in [1.54, 1.807) is 13.0 Å². The Morgan fingerprint density at radius 1 is 1.06 bits per heavy atom. The Hall–Kier alpha value is -2.75. The van der Waals surface area contributed by atoms with Gasteiger partial charge < -0.3 is 14.3 Å². The van der Waals surface area contributed by atoms with Crippen LogP contribution in [0, 0.1) is 18.3 Å². The number of fused-ring (bicyclic) bond motifs is 2. The van der Waals surface area contributed by atoms with Crippen molar-refractivity contribution in [3.8, 4) is 11.5 Å². The fourth-order valence-electron chi connectivity index (χ4n) is 4.32. The van der Waals surface area contributed by atoms with Crippen molar-refractivity contribution in [3.63, 3.8) is 0 Å². The quantitative estimate of drug-likeness (QED) is 0.404. The summed E-state index contributed by atoms with van der Waals surface area (Å²) < 4.78 is 11.2. The van der Waals surface area contributed by atoms with E-state index in [1.807, 2.05) is 0 Å². The summed E-state index contributed by atoms with van der Waals surface area (Å²) >= 11 is 0. The molecule has 1 aliphatic heterocycles. The lowest BCUT2D eigenvalue weighted by molar-refractivity contribution is 0.265. The lowest BCUT2D eigenvalue weighted by atomic mass is 9.87. The molecule has 2 aromatic rings. The zero-order valence-electron chi connectivity index (χ0n) is 21.7. The second kappa shape index (κ2) is 11.1. The zero-order chi connectivity index (χ0) is 24.9. The first-order valence-electron chi connectivity index (χ1n) is 12.5. The summed E-state index contributed by atoms with van der Waals surface area (Å²) in [7, 11) is 0. The van der Waals surface area contributed by atoms with E-state index < -0.39 is 0 Å². The van der Waals surface area contributed by atoms with Gasteiger partial charge in [-0.05, 0) is 70.6 Å². The lowest BCUT2D eigenvalue weighted by Gasteiger charge is -2.18. The molecule has 1 unspecified atom stereocenters. The molecule has 0 fully saturated rings. The van der Waals surface area contributed by atoms with E-state index in [9.17, 15) is 9.90 Å². The molecule has 0 spiro atoms. The number of ether oxygens (including phenoxy) is 1. The number of phenolic OH excluding ortho intramolecular Hbond substituents is 1. The molecule has 0 amide bonds. The maximum absolute atomic E-state index is 12.0. The van der Waals surface area contributed by atoms with Gasteiger partial charge in [0.2, 0.25) is 0 Å². The van der Waals surface area contributed by atoms with Gasteiger partial charge in [-0.1, -0.05) is 56.2 Å². The number of hydrogen-bond donors (Lipinski definition) is 1. The van der Waals surface area contributed by atoms with E-state index >= 15 is 0 Å². The van der Waals surface area contributed by atoms with Crippen molar-refractivity contribution in [2.75, 3.05) is 6.61 Å². The monoisotopic (exact) mass is 464 g/mol. The molecule has 4 nitrogen and oxygen atoms in total. The van der Waals surface area contributed by atoms with Crippen LogP contribution in [0.3, 0.4) is 0 Å². The summed E-state index contributed by atoms with van der Waals surface area (Å²) in [5, 5.41) is 10.6. The Bertz CT molecular complexity index is 1160. The second-order valence-corrected chi connectivity index (χ2v) is 10.7. The number of hydrogen-bond acceptors (Lipinski definition) is 4. The van der Waals surface area contributed by atoms with Crippen molar-refractivity contribution in [3.05, 3.63) is 69.1 Å². The minimum Gasteiger partial charge on any atom is -0.507 e. The fourth-order valence-corrected chi connectivity index (χ4v) is 4.32. The van der Waals surface area contributed by atoms with Gasteiger partial charge in [0, 0.05) is 17.7 Å². The summed E-state index contributed by atoms with van der Waals surface area (Å²) in [4.78, 5) is 12.0. The van der Waals surface area contributed by atoms with Gasteiger partial charge in [0.1, 0.15) is 28.2 Å². The number of benzene rings is 1. The first kappa shape index (κ1) is 25.9. The van der Waals surface area contributed by atoms with Crippen LogP contribution in [0.5, 0.6) is 11.5 Å². The molecule has 2 heterocycles. The second-order valence-electron chi connectivity index (χ2n) is 10.7. The minimum absolute atomic E-state index is 0.00958. The third-order valence-electron chi connectivity index (χ3n) is 6.61. The average Bonchev–Trinajstić information content (AvgIpc) is 2.94. The molecule has 1 aromatic heterocycles. The predicted molar refractivity (Wildman–Crippen MR) is 141 cm³/mol. The van der Waals surface area contributed by atoms with Crippen LogP contribution in [-0.4, -0.2) is 11.7 Å². The first-order chi connectivity index (χ1) is 16.1. The van der Waals surface area contributed by atoms with Crippen LogP contribution in [0.15, 0.2) is 56.8 Å². The topological polar surface area (TPSA) is 59.7 Å². The summed E-state index contributed by atoms with van der Waals surface area (Å²) in [6, 6.07) is 3.12. The SMILES string of the molecule is CC1=CCCC(C)=CCC(C)(C)C=CC1.Cc1cc(=O)c2c(O)c3c(cc2o1)OCC(C)CC3. The standard InChI is InChI=1S/C15H16O4.C15H24/c1-8-3-4-10-12(18-7-8)6-13-14(15(10)17)11(16)5-9(2)19-13;1-13-7-5-8-14(2)10-12-15(3,4)11-6-9-13/h5-6,8,17H,3-4,7H2,1-2H3;6-7,10-11H,5,8-9,12H2,1-4H3. The largest absolute Gasteiger partial charge is 0.507 e. The van der Waals surface area contributed by atoms with Crippen LogP contribution >= 0.6 is 0 Å². The number of phenols is 1. The molecular weight excluding hydrogens is 424 g/mol. The summed E-state index contributed by atoms with van der Waals surface area (Å²) in [6.45, 7) is 13.5. The van der Waals surface area contributed by atoms with Gasteiger partial charge in [0.25, 0.3) is 0 Å². The number of rotatable bonds is 0. The van der Waals surface area contributed by atoms with Gasteiger partial charge in [-0.3, -0.25) is 4.79 Å². The third kappa shape index (κ3) is 6.88. The molecule has 0 saturated heterocycles. The van der Waals surface area contributed by atoms with E-state index in [-0.39, 0.29) is 16.6 Å².